The van der Waals surface area contributed by atoms with Crippen molar-refractivity contribution in [2.75, 3.05) is 19.7 Å². The second-order valence-electron chi connectivity index (χ2n) is 8.71. The number of carbonyl (C=O) groups excluding carboxylic acids is 3. The normalized spacial score (nSPS) is 18.4. The van der Waals surface area contributed by atoms with Gasteiger partial charge in [-0.1, -0.05) is 24.3 Å². The Morgan fingerprint density at radius 1 is 1.09 bits per heavy atom. The molecule has 2 amide bonds. The summed E-state index contributed by atoms with van der Waals surface area (Å²) >= 11 is 0. The van der Waals surface area contributed by atoms with Gasteiger partial charge >= 0.3 is 5.97 Å². The summed E-state index contributed by atoms with van der Waals surface area (Å²) in [5.41, 5.74) is 2.80. The van der Waals surface area contributed by atoms with Crippen LogP contribution in [0.3, 0.4) is 0 Å². The second-order valence-corrected chi connectivity index (χ2v) is 8.71. The Morgan fingerprint density at radius 2 is 1.82 bits per heavy atom. The smallest absolute Gasteiger partial charge is 0.336 e. The van der Waals surface area contributed by atoms with Crippen LogP contribution in [-0.2, 0) is 20.9 Å². The van der Waals surface area contributed by atoms with Crippen LogP contribution in [0.1, 0.15) is 60.5 Å². The molecule has 0 spiro atoms. The van der Waals surface area contributed by atoms with Crippen LogP contribution in [0.15, 0.2) is 59.8 Å². The first-order valence-electron chi connectivity index (χ1n) is 11.7. The molecule has 0 radical (unpaired) electrons. The van der Waals surface area contributed by atoms with E-state index in [4.69, 9.17) is 4.74 Å². The third-order valence-corrected chi connectivity index (χ3v) is 6.48. The number of hydrogen-bond acceptors (Lipinski definition) is 4. The average Bonchev–Trinajstić information content (AvgIpc) is 3.36. The number of halogens is 1. The lowest BCUT2D eigenvalue weighted by Gasteiger charge is -2.34. The monoisotopic (exact) mass is 464 g/mol. The maximum atomic E-state index is 13.9. The Balaban J connectivity index is 1.65. The van der Waals surface area contributed by atoms with E-state index in [1.165, 1.54) is 12.1 Å². The van der Waals surface area contributed by atoms with Crippen LogP contribution < -0.4 is 0 Å². The highest BCUT2D eigenvalue weighted by atomic mass is 19.1. The molecule has 1 fully saturated rings. The molecule has 2 aromatic carbocycles. The van der Waals surface area contributed by atoms with Crippen molar-refractivity contribution in [1.29, 1.82) is 0 Å². The number of hydrogen-bond donors (Lipinski definition) is 0. The second kappa shape index (κ2) is 10.2. The van der Waals surface area contributed by atoms with E-state index in [1.54, 1.807) is 36.9 Å². The molecule has 0 aromatic heterocycles. The van der Waals surface area contributed by atoms with E-state index in [0.717, 1.165) is 31.5 Å². The van der Waals surface area contributed by atoms with Crippen LogP contribution in [0, 0.1) is 5.82 Å². The molecule has 4 rings (SSSR count). The van der Waals surface area contributed by atoms with Crippen molar-refractivity contribution in [3.05, 3.63) is 82.3 Å². The number of esters is 1. The zero-order valence-electron chi connectivity index (χ0n) is 19.6. The van der Waals surface area contributed by atoms with Crippen LogP contribution in [0.4, 0.5) is 4.39 Å². The predicted molar refractivity (Wildman–Crippen MR) is 125 cm³/mol. The largest absolute Gasteiger partial charge is 0.463 e. The highest BCUT2D eigenvalue weighted by Gasteiger charge is 2.37. The van der Waals surface area contributed by atoms with Gasteiger partial charge in [0, 0.05) is 36.7 Å². The van der Waals surface area contributed by atoms with Crippen molar-refractivity contribution in [2.45, 2.75) is 45.6 Å². The standard InChI is InChI=1S/C27H29FN2O4/c1-3-34-27(33)25-18(2)30(24(31)16-23(25)20-9-7-11-22(28)15-20)17-19-8-6-10-21(14-19)26(32)29-12-4-5-13-29/h6-11,14-15,23H,3-5,12-13,16-17H2,1-2H3. The minimum absolute atomic E-state index is 0.00466. The zero-order chi connectivity index (χ0) is 24.2. The minimum atomic E-state index is -0.582. The van der Waals surface area contributed by atoms with Gasteiger partial charge in [-0.2, -0.15) is 0 Å². The van der Waals surface area contributed by atoms with Gasteiger partial charge in [-0.25, -0.2) is 9.18 Å². The molecule has 0 saturated carbocycles. The molecule has 34 heavy (non-hydrogen) atoms. The lowest BCUT2D eigenvalue weighted by molar-refractivity contribution is -0.140. The molecule has 1 atom stereocenters. The molecule has 0 N–H and O–H groups in total. The van der Waals surface area contributed by atoms with Crippen molar-refractivity contribution in [3.63, 3.8) is 0 Å². The Hall–Kier alpha value is -3.48. The van der Waals surface area contributed by atoms with Gasteiger partial charge in [0.15, 0.2) is 0 Å². The summed E-state index contributed by atoms with van der Waals surface area (Å²) in [7, 11) is 0. The van der Waals surface area contributed by atoms with Gasteiger partial charge < -0.3 is 14.5 Å². The number of benzene rings is 2. The van der Waals surface area contributed by atoms with E-state index in [9.17, 15) is 18.8 Å². The Bertz CT molecular complexity index is 1140. The van der Waals surface area contributed by atoms with Gasteiger partial charge in [0.25, 0.3) is 5.91 Å². The third kappa shape index (κ3) is 4.88. The van der Waals surface area contributed by atoms with Crippen LogP contribution in [-0.4, -0.2) is 47.3 Å². The van der Waals surface area contributed by atoms with Gasteiger partial charge in [-0.15, -0.1) is 0 Å². The molecule has 1 saturated heterocycles. The van der Waals surface area contributed by atoms with Gasteiger partial charge in [-0.05, 0) is 62.1 Å². The Labute approximate surface area is 199 Å². The van der Waals surface area contributed by atoms with Gasteiger partial charge in [0.2, 0.25) is 5.91 Å². The van der Waals surface area contributed by atoms with Crippen molar-refractivity contribution >= 4 is 17.8 Å². The predicted octanol–water partition coefficient (Wildman–Crippen LogP) is 4.41. The highest BCUT2D eigenvalue weighted by molar-refractivity contribution is 5.96. The summed E-state index contributed by atoms with van der Waals surface area (Å²) in [4.78, 5) is 42.3. The van der Waals surface area contributed by atoms with E-state index in [1.807, 2.05) is 23.1 Å². The molecule has 6 nitrogen and oxygen atoms in total. The van der Waals surface area contributed by atoms with Crippen LogP contribution in [0.5, 0.6) is 0 Å². The summed E-state index contributed by atoms with van der Waals surface area (Å²) in [6, 6.07) is 13.3. The number of rotatable bonds is 6. The Kier molecular flexibility index (Phi) is 7.10. The fourth-order valence-corrected chi connectivity index (χ4v) is 4.77. The Morgan fingerprint density at radius 3 is 2.53 bits per heavy atom. The van der Waals surface area contributed by atoms with Gasteiger partial charge in [0.1, 0.15) is 5.82 Å². The summed E-state index contributed by atoms with van der Waals surface area (Å²) in [6.07, 6.45) is 2.06. The molecule has 2 aliphatic rings. The molecule has 2 aliphatic heterocycles. The number of likely N-dealkylation sites (tertiary alicyclic amines) is 1. The highest BCUT2D eigenvalue weighted by Crippen LogP contribution is 2.38. The van der Waals surface area contributed by atoms with Gasteiger partial charge in [-0.3, -0.25) is 9.59 Å². The first-order valence-corrected chi connectivity index (χ1v) is 11.7. The first-order chi connectivity index (χ1) is 16.4. The quantitative estimate of drug-likeness (QED) is 0.594. The zero-order valence-corrected chi connectivity index (χ0v) is 19.6. The fourth-order valence-electron chi connectivity index (χ4n) is 4.77. The molecule has 0 bridgehead atoms. The summed E-state index contributed by atoms with van der Waals surface area (Å²) in [5, 5.41) is 0. The van der Waals surface area contributed by atoms with Crippen LogP contribution in [0.25, 0.3) is 0 Å². The van der Waals surface area contributed by atoms with Crippen LogP contribution >= 0.6 is 0 Å². The maximum Gasteiger partial charge on any atom is 0.336 e. The fraction of sp³-hybridized carbons (Fsp3) is 0.370. The SMILES string of the molecule is CCOC(=O)C1=C(C)N(Cc2cccc(C(=O)N3CCCC3)c2)C(=O)CC1c1cccc(F)c1. The summed E-state index contributed by atoms with van der Waals surface area (Å²) in [5.74, 6) is -1.69. The van der Waals surface area contributed by atoms with Crippen molar-refractivity contribution in [2.24, 2.45) is 0 Å². The van der Waals surface area contributed by atoms with Gasteiger partial charge in [0.05, 0.1) is 18.7 Å². The third-order valence-electron chi connectivity index (χ3n) is 6.48. The molecule has 2 aromatic rings. The maximum absolute atomic E-state index is 13.9. The van der Waals surface area contributed by atoms with E-state index in [-0.39, 0.29) is 31.4 Å². The van der Waals surface area contributed by atoms with Crippen molar-refractivity contribution in [1.82, 2.24) is 9.80 Å². The minimum Gasteiger partial charge on any atom is -0.463 e. The van der Waals surface area contributed by atoms with Crippen LogP contribution in [0.2, 0.25) is 0 Å². The number of carbonyl (C=O) groups is 3. The lowest BCUT2D eigenvalue weighted by Crippen LogP contribution is -2.38. The number of amides is 2. The van der Waals surface area contributed by atoms with E-state index >= 15 is 0 Å². The molecule has 0 aliphatic carbocycles. The first kappa shape index (κ1) is 23.7. The average molecular weight is 465 g/mol. The molecule has 178 valence electrons. The van der Waals surface area contributed by atoms with E-state index in [0.29, 0.717) is 22.4 Å². The number of nitrogens with zero attached hydrogens (tertiary/aromatic N) is 2. The molecule has 2 heterocycles. The molecular formula is C27H29FN2O4. The molecule has 7 heteroatoms. The lowest BCUT2D eigenvalue weighted by atomic mass is 9.83. The van der Waals surface area contributed by atoms with Crippen molar-refractivity contribution < 1.29 is 23.5 Å². The van der Waals surface area contributed by atoms with E-state index < -0.39 is 17.7 Å². The number of ether oxygens (including phenoxy) is 1. The number of allylic oxidation sites excluding steroid dienone is 1. The van der Waals surface area contributed by atoms with Crippen molar-refractivity contribution in [3.8, 4) is 0 Å². The molecule has 1 unspecified atom stereocenters. The summed E-state index contributed by atoms with van der Waals surface area (Å²) < 4.78 is 19.2. The topological polar surface area (TPSA) is 66.9 Å². The summed E-state index contributed by atoms with van der Waals surface area (Å²) in [6.45, 7) is 5.39. The van der Waals surface area contributed by atoms with E-state index in [2.05, 4.69) is 0 Å². The molecular weight excluding hydrogens is 435 g/mol.